The maximum atomic E-state index is 5.96. The molecule has 1 aromatic rings. The molecule has 1 aromatic carbocycles. The Bertz CT molecular complexity index is 389. The molecule has 18 heavy (non-hydrogen) atoms. The average Bonchev–Trinajstić information content (AvgIpc) is 2.78. The second kappa shape index (κ2) is 6.35. The number of benzene rings is 1. The summed E-state index contributed by atoms with van der Waals surface area (Å²) < 4.78 is 5.96. The molecule has 2 nitrogen and oxygen atoms in total. The fourth-order valence-electron chi connectivity index (χ4n) is 2.80. The molecule has 0 bridgehead atoms. The molecule has 0 amide bonds. The zero-order valence-corrected chi connectivity index (χ0v) is 11.8. The Morgan fingerprint density at radius 1 is 1.33 bits per heavy atom. The smallest absolute Gasteiger partial charge is 0.0868 e. The van der Waals surface area contributed by atoms with Crippen molar-refractivity contribution >= 4 is 0 Å². The molecule has 1 aliphatic heterocycles. The van der Waals surface area contributed by atoms with Gasteiger partial charge in [0.2, 0.25) is 0 Å². The average molecular weight is 247 g/mol. The van der Waals surface area contributed by atoms with Crippen LogP contribution in [0.4, 0.5) is 0 Å². The molecule has 100 valence electrons. The summed E-state index contributed by atoms with van der Waals surface area (Å²) in [6.45, 7) is 9.63. The second-order valence-electron chi connectivity index (χ2n) is 5.40. The van der Waals surface area contributed by atoms with E-state index in [9.17, 15) is 0 Å². The molecule has 1 saturated heterocycles. The minimum atomic E-state index is 0.287. The number of hydrogen-bond donors (Lipinski definition) is 1. The molecular formula is C16H25NO. The van der Waals surface area contributed by atoms with Crippen LogP contribution in [0.2, 0.25) is 0 Å². The fourth-order valence-corrected chi connectivity index (χ4v) is 2.80. The van der Waals surface area contributed by atoms with E-state index in [1.54, 1.807) is 0 Å². The SMILES string of the molecule is CCCNCC1CCOC1c1ccc(C)cc1C. The Labute approximate surface area is 111 Å². The molecule has 1 aliphatic rings. The van der Waals surface area contributed by atoms with Crippen molar-refractivity contribution in [2.24, 2.45) is 5.92 Å². The summed E-state index contributed by atoms with van der Waals surface area (Å²) in [5.74, 6) is 0.623. The first-order chi connectivity index (χ1) is 8.72. The first-order valence-electron chi connectivity index (χ1n) is 7.12. The fraction of sp³-hybridized carbons (Fsp3) is 0.625. The summed E-state index contributed by atoms with van der Waals surface area (Å²) in [5, 5.41) is 3.53. The Kier molecular flexibility index (Phi) is 4.79. The van der Waals surface area contributed by atoms with Gasteiger partial charge in [-0.05, 0) is 44.4 Å². The van der Waals surface area contributed by atoms with Crippen LogP contribution < -0.4 is 5.32 Å². The third kappa shape index (κ3) is 3.12. The molecule has 0 aromatic heterocycles. The van der Waals surface area contributed by atoms with Crippen LogP contribution in [0.3, 0.4) is 0 Å². The molecule has 1 fully saturated rings. The van der Waals surface area contributed by atoms with Gasteiger partial charge in [-0.1, -0.05) is 30.7 Å². The van der Waals surface area contributed by atoms with Crippen molar-refractivity contribution in [3.8, 4) is 0 Å². The van der Waals surface area contributed by atoms with Gasteiger partial charge in [0.05, 0.1) is 6.10 Å². The Hall–Kier alpha value is -0.860. The van der Waals surface area contributed by atoms with Crippen molar-refractivity contribution < 1.29 is 4.74 Å². The zero-order chi connectivity index (χ0) is 13.0. The summed E-state index contributed by atoms with van der Waals surface area (Å²) in [5.41, 5.74) is 4.07. The highest BCUT2D eigenvalue weighted by molar-refractivity contribution is 5.32. The highest BCUT2D eigenvalue weighted by Gasteiger charge is 2.30. The molecule has 0 saturated carbocycles. The van der Waals surface area contributed by atoms with Crippen molar-refractivity contribution in [1.29, 1.82) is 0 Å². The van der Waals surface area contributed by atoms with Crippen molar-refractivity contribution in [3.63, 3.8) is 0 Å². The van der Waals surface area contributed by atoms with Gasteiger partial charge in [0.1, 0.15) is 0 Å². The van der Waals surface area contributed by atoms with Gasteiger partial charge in [-0.2, -0.15) is 0 Å². The van der Waals surface area contributed by atoms with Crippen LogP contribution in [0.15, 0.2) is 18.2 Å². The van der Waals surface area contributed by atoms with E-state index in [0.717, 1.165) is 19.7 Å². The summed E-state index contributed by atoms with van der Waals surface area (Å²) in [6.07, 6.45) is 2.66. The maximum Gasteiger partial charge on any atom is 0.0868 e. The van der Waals surface area contributed by atoms with Crippen molar-refractivity contribution in [3.05, 3.63) is 34.9 Å². The van der Waals surface area contributed by atoms with Gasteiger partial charge >= 0.3 is 0 Å². The maximum absolute atomic E-state index is 5.96. The van der Waals surface area contributed by atoms with Crippen molar-refractivity contribution in [1.82, 2.24) is 5.32 Å². The highest BCUT2D eigenvalue weighted by Crippen LogP contribution is 2.35. The quantitative estimate of drug-likeness (QED) is 0.805. The lowest BCUT2D eigenvalue weighted by Gasteiger charge is -2.21. The predicted molar refractivity (Wildman–Crippen MR) is 75.9 cm³/mol. The van der Waals surface area contributed by atoms with E-state index < -0.39 is 0 Å². The van der Waals surface area contributed by atoms with E-state index in [-0.39, 0.29) is 6.10 Å². The molecule has 2 rings (SSSR count). The van der Waals surface area contributed by atoms with E-state index in [0.29, 0.717) is 5.92 Å². The summed E-state index contributed by atoms with van der Waals surface area (Å²) in [6, 6.07) is 6.70. The lowest BCUT2D eigenvalue weighted by Crippen LogP contribution is -2.25. The number of aryl methyl sites for hydroxylation is 2. The Morgan fingerprint density at radius 3 is 2.89 bits per heavy atom. The molecule has 1 N–H and O–H groups in total. The van der Waals surface area contributed by atoms with Crippen LogP contribution in [0.25, 0.3) is 0 Å². The van der Waals surface area contributed by atoms with Gasteiger partial charge in [-0.15, -0.1) is 0 Å². The van der Waals surface area contributed by atoms with Gasteiger partial charge in [0.15, 0.2) is 0 Å². The molecule has 0 radical (unpaired) electrons. The van der Waals surface area contributed by atoms with E-state index in [1.165, 1.54) is 29.5 Å². The number of ether oxygens (including phenoxy) is 1. The molecule has 0 aliphatic carbocycles. The summed E-state index contributed by atoms with van der Waals surface area (Å²) in [4.78, 5) is 0. The van der Waals surface area contributed by atoms with E-state index >= 15 is 0 Å². The highest BCUT2D eigenvalue weighted by atomic mass is 16.5. The van der Waals surface area contributed by atoms with Crippen LogP contribution in [-0.4, -0.2) is 19.7 Å². The molecule has 0 spiro atoms. The van der Waals surface area contributed by atoms with Gasteiger partial charge in [-0.25, -0.2) is 0 Å². The first-order valence-corrected chi connectivity index (χ1v) is 7.12. The van der Waals surface area contributed by atoms with Gasteiger partial charge in [-0.3, -0.25) is 0 Å². The molecule has 2 atom stereocenters. The van der Waals surface area contributed by atoms with E-state index in [4.69, 9.17) is 4.74 Å². The molecule has 2 unspecified atom stereocenters. The summed E-state index contributed by atoms with van der Waals surface area (Å²) >= 11 is 0. The largest absolute Gasteiger partial charge is 0.373 e. The molecule has 1 heterocycles. The monoisotopic (exact) mass is 247 g/mol. The minimum absolute atomic E-state index is 0.287. The second-order valence-corrected chi connectivity index (χ2v) is 5.40. The van der Waals surface area contributed by atoms with E-state index in [1.807, 2.05) is 0 Å². The van der Waals surface area contributed by atoms with Gasteiger partial charge < -0.3 is 10.1 Å². The van der Waals surface area contributed by atoms with Crippen LogP contribution in [-0.2, 0) is 4.74 Å². The molecular weight excluding hydrogens is 222 g/mol. The van der Waals surface area contributed by atoms with Crippen molar-refractivity contribution in [2.45, 2.75) is 39.7 Å². The Balaban J connectivity index is 2.06. The van der Waals surface area contributed by atoms with Crippen molar-refractivity contribution in [2.75, 3.05) is 19.7 Å². The van der Waals surface area contributed by atoms with Crippen LogP contribution in [0.1, 0.15) is 42.6 Å². The standard InChI is InChI=1S/C16H25NO/c1-4-8-17-11-14-7-9-18-16(14)15-6-5-12(2)10-13(15)3/h5-6,10,14,16-17H,4,7-9,11H2,1-3H3. The first kappa shape index (κ1) is 13.6. The number of hydrogen-bond acceptors (Lipinski definition) is 2. The van der Waals surface area contributed by atoms with Crippen LogP contribution in [0, 0.1) is 19.8 Å². The minimum Gasteiger partial charge on any atom is -0.373 e. The molecule has 2 heteroatoms. The summed E-state index contributed by atoms with van der Waals surface area (Å²) in [7, 11) is 0. The van der Waals surface area contributed by atoms with Crippen LogP contribution >= 0.6 is 0 Å². The van der Waals surface area contributed by atoms with E-state index in [2.05, 4.69) is 44.3 Å². The number of rotatable bonds is 5. The predicted octanol–water partition coefficient (Wildman–Crippen LogP) is 3.38. The normalized spacial score (nSPS) is 23.5. The lowest BCUT2D eigenvalue weighted by molar-refractivity contribution is 0.0900. The Morgan fingerprint density at radius 2 is 2.17 bits per heavy atom. The number of nitrogens with one attached hydrogen (secondary N) is 1. The van der Waals surface area contributed by atoms with Crippen LogP contribution in [0.5, 0.6) is 0 Å². The van der Waals surface area contributed by atoms with Gasteiger partial charge in [0.25, 0.3) is 0 Å². The topological polar surface area (TPSA) is 21.3 Å². The third-order valence-electron chi connectivity index (χ3n) is 3.78. The third-order valence-corrected chi connectivity index (χ3v) is 3.78. The lowest BCUT2D eigenvalue weighted by atomic mass is 9.91. The zero-order valence-electron chi connectivity index (χ0n) is 11.8. The van der Waals surface area contributed by atoms with Gasteiger partial charge in [0, 0.05) is 19.1 Å².